The summed E-state index contributed by atoms with van der Waals surface area (Å²) in [5.74, 6) is -0.245. The molecule has 0 aliphatic heterocycles. The first kappa shape index (κ1) is 11.2. The van der Waals surface area contributed by atoms with Gasteiger partial charge in [-0.1, -0.05) is 25.3 Å². The Morgan fingerprint density at radius 1 is 1.43 bits per heavy atom. The summed E-state index contributed by atoms with van der Waals surface area (Å²) < 4.78 is 0. The molecule has 1 atom stereocenters. The number of nitrogens with one attached hydrogen (secondary N) is 1. The van der Waals surface area contributed by atoms with E-state index < -0.39 is 5.97 Å². The van der Waals surface area contributed by atoms with E-state index >= 15 is 0 Å². The van der Waals surface area contributed by atoms with Crippen molar-refractivity contribution >= 4 is 5.97 Å². The summed E-state index contributed by atoms with van der Waals surface area (Å²) in [6.07, 6.45) is 9.35. The van der Waals surface area contributed by atoms with Crippen LogP contribution in [0.1, 0.15) is 32.1 Å². The number of hydrogen-bond acceptors (Lipinski definition) is 2. The van der Waals surface area contributed by atoms with E-state index in [-0.39, 0.29) is 6.04 Å². The zero-order valence-electron chi connectivity index (χ0n) is 8.70. The van der Waals surface area contributed by atoms with Crippen LogP contribution in [-0.2, 0) is 4.79 Å². The van der Waals surface area contributed by atoms with E-state index in [4.69, 9.17) is 5.11 Å². The van der Waals surface area contributed by atoms with Crippen molar-refractivity contribution in [3.8, 4) is 0 Å². The summed E-state index contributed by atoms with van der Waals surface area (Å²) >= 11 is 0. The van der Waals surface area contributed by atoms with Crippen LogP contribution >= 0.6 is 0 Å². The molecule has 1 saturated carbocycles. The monoisotopic (exact) mass is 197 g/mol. The molecule has 3 heteroatoms. The minimum absolute atomic E-state index is 0.228. The van der Waals surface area contributed by atoms with Gasteiger partial charge in [0.15, 0.2) is 0 Å². The zero-order chi connectivity index (χ0) is 10.4. The first-order chi connectivity index (χ1) is 6.74. The number of aliphatic carboxylic acids is 1. The van der Waals surface area contributed by atoms with Crippen molar-refractivity contribution in [3.05, 3.63) is 12.2 Å². The number of hydrogen-bond donors (Lipinski definition) is 2. The van der Waals surface area contributed by atoms with Crippen LogP contribution in [0.3, 0.4) is 0 Å². The smallest absolute Gasteiger partial charge is 0.328 e. The summed E-state index contributed by atoms with van der Waals surface area (Å²) in [6, 6.07) is 0.228. The van der Waals surface area contributed by atoms with E-state index in [0.29, 0.717) is 5.92 Å². The van der Waals surface area contributed by atoms with Crippen molar-refractivity contribution in [3.63, 3.8) is 0 Å². The maximum absolute atomic E-state index is 10.4. The molecule has 14 heavy (non-hydrogen) atoms. The van der Waals surface area contributed by atoms with Gasteiger partial charge in [0.1, 0.15) is 0 Å². The highest BCUT2D eigenvalue weighted by Crippen LogP contribution is 2.26. The third kappa shape index (κ3) is 3.50. The molecule has 0 aromatic heterocycles. The van der Waals surface area contributed by atoms with Gasteiger partial charge in [-0.05, 0) is 25.8 Å². The van der Waals surface area contributed by atoms with Crippen LogP contribution < -0.4 is 5.32 Å². The van der Waals surface area contributed by atoms with Crippen molar-refractivity contribution in [1.82, 2.24) is 5.32 Å². The van der Waals surface area contributed by atoms with Gasteiger partial charge in [-0.3, -0.25) is 0 Å². The van der Waals surface area contributed by atoms with Gasteiger partial charge in [0.2, 0.25) is 0 Å². The van der Waals surface area contributed by atoms with E-state index in [1.54, 1.807) is 6.08 Å². The molecule has 0 heterocycles. The summed E-state index contributed by atoms with van der Waals surface area (Å²) in [4.78, 5) is 10.4. The molecule has 1 aliphatic rings. The van der Waals surface area contributed by atoms with Gasteiger partial charge in [0, 0.05) is 12.1 Å². The minimum Gasteiger partial charge on any atom is -0.478 e. The van der Waals surface area contributed by atoms with E-state index in [0.717, 1.165) is 0 Å². The Hall–Kier alpha value is -0.830. The lowest BCUT2D eigenvalue weighted by molar-refractivity contribution is -0.131. The first-order valence-corrected chi connectivity index (χ1v) is 5.32. The average Bonchev–Trinajstić information content (AvgIpc) is 2.20. The predicted octanol–water partition coefficient (Wildman–Crippen LogP) is 1.80. The Morgan fingerprint density at radius 2 is 2.07 bits per heavy atom. The molecule has 0 spiro atoms. The molecule has 0 saturated heterocycles. The molecule has 3 nitrogen and oxygen atoms in total. The van der Waals surface area contributed by atoms with Crippen molar-refractivity contribution in [2.75, 3.05) is 7.05 Å². The lowest BCUT2D eigenvalue weighted by Crippen LogP contribution is -2.33. The Labute approximate surface area is 85.2 Å². The van der Waals surface area contributed by atoms with Crippen molar-refractivity contribution in [2.24, 2.45) is 5.92 Å². The van der Waals surface area contributed by atoms with Crippen LogP contribution in [0.4, 0.5) is 0 Å². The van der Waals surface area contributed by atoms with Crippen molar-refractivity contribution < 1.29 is 9.90 Å². The highest BCUT2D eigenvalue weighted by Gasteiger charge is 2.20. The fourth-order valence-electron chi connectivity index (χ4n) is 2.17. The lowest BCUT2D eigenvalue weighted by atomic mass is 9.84. The van der Waals surface area contributed by atoms with Crippen LogP contribution in [0.15, 0.2) is 12.2 Å². The number of carbonyl (C=O) groups is 1. The van der Waals surface area contributed by atoms with Crippen LogP contribution in [-0.4, -0.2) is 24.2 Å². The molecule has 80 valence electrons. The largest absolute Gasteiger partial charge is 0.478 e. The maximum atomic E-state index is 10.4. The minimum atomic E-state index is -0.860. The Bertz CT molecular complexity index is 207. The summed E-state index contributed by atoms with van der Waals surface area (Å²) in [5.41, 5.74) is 0. The molecular formula is C11H19NO2. The third-order valence-electron chi connectivity index (χ3n) is 2.94. The van der Waals surface area contributed by atoms with Gasteiger partial charge in [0.05, 0.1) is 0 Å². The van der Waals surface area contributed by atoms with Gasteiger partial charge >= 0.3 is 5.97 Å². The van der Waals surface area contributed by atoms with E-state index in [9.17, 15) is 4.79 Å². The quantitative estimate of drug-likeness (QED) is 0.676. The topological polar surface area (TPSA) is 49.3 Å². The average molecular weight is 197 g/mol. The molecule has 0 bridgehead atoms. The maximum Gasteiger partial charge on any atom is 0.328 e. The molecule has 0 radical (unpaired) electrons. The van der Waals surface area contributed by atoms with Crippen LogP contribution in [0.2, 0.25) is 0 Å². The summed E-state index contributed by atoms with van der Waals surface area (Å²) in [6.45, 7) is 0. The van der Waals surface area contributed by atoms with Crippen LogP contribution in [0.5, 0.6) is 0 Å². The van der Waals surface area contributed by atoms with E-state index in [2.05, 4.69) is 5.32 Å². The van der Waals surface area contributed by atoms with Gasteiger partial charge in [-0.15, -0.1) is 0 Å². The molecule has 1 aliphatic carbocycles. The molecule has 0 aromatic rings. The molecule has 1 rings (SSSR count). The van der Waals surface area contributed by atoms with Crippen molar-refractivity contribution in [2.45, 2.75) is 38.1 Å². The van der Waals surface area contributed by atoms with E-state index in [1.165, 1.54) is 38.2 Å². The summed E-state index contributed by atoms with van der Waals surface area (Å²) in [7, 11) is 1.89. The zero-order valence-corrected chi connectivity index (χ0v) is 8.70. The molecule has 1 unspecified atom stereocenters. The van der Waals surface area contributed by atoms with Crippen LogP contribution in [0.25, 0.3) is 0 Å². The van der Waals surface area contributed by atoms with Gasteiger partial charge in [0.25, 0.3) is 0 Å². The fraction of sp³-hybridized carbons (Fsp3) is 0.727. The lowest BCUT2D eigenvalue weighted by Gasteiger charge is -2.27. The van der Waals surface area contributed by atoms with Gasteiger partial charge < -0.3 is 10.4 Å². The second-order valence-electron chi connectivity index (χ2n) is 3.91. The molecular weight excluding hydrogens is 178 g/mol. The SMILES string of the molecule is CNC(/C=C/C(=O)O)C1CCCCC1. The highest BCUT2D eigenvalue weighted by atomic mass is 16.4. The molecule has 0 amide bonds. The Morgan fingerprint density at radius 3 is 2.57 bits per heavy atom. The second-order valence-corrected chi connectivity index (χ2v) is 3.91. The van der Waals surface area contributed by atoms with Crippen LogP contribution in [0, 0.1) is 5.92 Å². The molecule has 2 N–H and O–H groups in total. The number of likely N-dealkylation sites (N-methyl/N-ethyl adjacent to an activating group) is 1. The Balaban J connectivity index is 2.47. The number of carboxylic acids is 1. The first-order valence-electron chi connectivity index (χ1n) is 5.32. The number of carboxylic acid groups (broad SMARTS) is 1. The molecule has 1 fully saturated rings. The predicted molar refractivity (Wildman–Crippen MR) is 56.2 cm³/mol. The fourth-order valence-corrected chi connectivity index (χ4v) is 2.17. The number of rotatable bonds is 4. The van der Waals surface area contributed by atoms with Crippen molar-refractivity contribution in [1.29, 1.82) is 0 Å². The standard InChI is InChI=1S/C11H19NO2/c1-12-10(7-8-11(13)14)9-5-3-2-4-6-9/h7-10,12H,2-6H2,1H3,(H,13,14)/b8-7+. The Kier molecular flexibility index (Phi) is 4.66. The second kappa shape index (κ2) is 5.81. The van der Waals surface area contributed by atoms with Gasteiger partial charge in [-0.25, -0.2) is 4.79 Å². The summed E-state index contributed by atoms with van der Waals surface area (Å²) in [5, 5.41) is 11.7. The third-order valence-corrected chi connectivity index (χ3v) is 2.94. The van der Waals surface area contributed by atoms with Gasteiger partial charge in [-0.2, -0.15) is 0 Å². The molecule has 0 aromatic carbocycles. The normalized spacial score (nSPS) is 21.2. The van der Waals surface area contributed by atoms with E-state index in [1.807, 2.05) is 7.05 Å². The highest BCUT2D eigenvalue weighted by molar-refractivity contribution is 5.79.